The van der Waals surface area contributed by atoms with Gasteiger partial charge in [0, 0.05) is 12.6 Å². The highest BCUT2D eigenvalue weighted by Crippen LogP contribution is 2.26. The van der Waals surface area contributed by atoms with Gasteiger partial charge in [-0.3, -0.25) is 0 Å². The van der Waals surface area contributed by atoms with E-state index in [1.807, 2.05) is 0 Å². The zero-order chi connectivity index (χ0) is 15.3. The minimum absolute atomic E-state index is 0.246. The van der Waals surface area contributed by atoms with Crippen molar-refractivity contribution in [3.05, 3.63) is 35.4 Å². The minimum atomic E-state index is -4.38. The molecule has 1 aromatic rings. The molecule has 0 atom stereocenters. The number of nitrogens with zero attached hydrogens (tertiary/aromatic N) is 1. The molecule has 0 aliphatic carbocycles. The van der Waals surface area contributed by atoms with Crippen LogP contribution in [0.1, 0.15) is 36.7 Å². The first-order valence-electron chi connectivity index (χ1n) is 6.35. The number of carbonyl (C=O) groups excluding carboxylic acids is 1. The second-order valence-electron chi connectivity index (χ2n) is 4.61. The Hall–Kier alpha value is -1.56. The molecular formula is C14H18F3NO2. The van der Waals surface area contributed by atoms with Crippen LogP contribution in [-0.4, -0.2) is 29.8 Å². The summed E-state index contributed by atoms with van der Waals surface area (Å²) in [6.07, 6.45) is -4.38. The first-order chi connectivity index (χ1) is 9.25. The van der Waals surface area contributed by atoms with E-state index in [1.165, 1.54) is 38.1 Å². The highest BCUT2D eigenvalue weighted by Gasteiger charge is 2.38. The Bertz CT molecular complexity index is 441. The lowest BCUT2D eigenvalue weighted by Crippen LogP contribution is -2.42. The summed E-state index contributed by atoms with van der Waals surface area (Å²) in [7, 11) is 0. The van der Waals surface area contributed by atoms with Crippen LogP contribution in [0.15, 0.2) is 24.3 Å². The van der Waals surface area contributed by atoms with Gasteiger partial charge in [0.05, 0.1) is 12.2 Å². The number of hydrogen-bond donors (Lipinski definition) is 0. The van der Waals surface area contributed by atoms with Crippen LogP contribution in [0.2, 0.25) is 0 Å². The maximum absolute atomic E-state index is 12.8. The first kappa shape index (κ1) is 16.5. The number of alkyl halides is 3. The van der Waals surface area contributed by atoms with Crippen LogP contribution in [0.3, 0.4) is 0 Å². The third-order valence-electron chi connectivity index (χ3n) is 2.77. The topological polar surface area (TPSA) is 29.5 Å². The molecule has 0 aromatic heterocycles. The molecule has 0 aliphatic rings. The normalized spacial score (nSPS) is 12.0. The van der Waals surface area contributed by atoms with Gasteiger partial charge in [0.1, 0.15) is 0 Å². The third kappa shape index (κ3) is 4.52. The molecule has 0 amide bonds. The molecule has 1 rings (SSSR count). The molecule has 0 saturated carbocycles. The molecular weight excluding hydrogens is 271 g/mol. The molecule has 20 heavy (non-hydrogen) atoms. The van der Waals surface area contributed by atoms with E-state index < -0.39 is 18.3 Å². The third-order valence-corrected chi connectivity index (χ3v) is 2.77. The van der Waals surface area contributed by atoms with Crippen LogP contribution in [0.5, 0.6) is 0 Å². The Morgan fingerprint density at radius 3 is 2.20 bits per heavy atom. The number of esters is 1. The second kappa shape index (κ2) is 6.74. The SMILES string of the molecule is CCOC(=O)c1ccc(CN(C(C)C)C(F)(F)F)cc1. The van der Waals surface area contributed by atoms with Crippen molar-refractivity contribution in [2.45, 2.75) is 39.7 Å². The van der Waals surface area contributed by atoms with E-state index in [9.17, 15) is 18.0 Å². The highest BCUT2D eigenvalue weighted by molar-refractivity contribution is 5.89. The molecule has 0 heterocycles. The number of ether oxygens (including phenoxy) is 1. The van der Waals surface area contributed by atoms with E-state index in [2.05, 4.69) is 0 Å². The average molecular weight is 289 g/mol. The number of benzene rings is 1. The summed E-state index contributed by atoms with van der Waals surface area (Å²) < 4.78 is 43.3. The Balaban J connectivity index is 2.81. The van der Waals surface area contributed by atoms with Gasteiger partial charge in [-0.05, 0) is 38.5 Å². The van der Waals surface area contributed by atoms with Gasteiger partial charge in [-0.2, -0.15) is 13.2 Å². The highest BCUT2D eigenvalue weighted by atomic mass is 19.4. The Morgan fingerprint density at radius 1 is 1.25 bits per heavy atom. The van der Waals surface area contributed by atoms with Gasteiger partial charge in [0.15, 0.2) is 0 Å². The lowest BCUT2D eigenvalue weighted by Gasteiger charge is -2.28. The first-order valence-corrected chi connectivity index (χ1v) is 6.35. The molecule has 0 fully saturated rings. The fourth-order valence-electron chi connectivity index (χ4n) is 1.72. The van der Waals surface area contributed by atoms with Gasteiger partial charge < -0.3 is 4.74 Å². The molecule has 6 heteroatoms. The van der Waals surface area contributed by atoms with Gasteiger partial charge >= 0.3 is 12.3 Å². The summed E-state index contributed by atoms with van der Waals surface area (Å²) in [5.74, 6) is -0.476. The molecule has 0 saturated heterocycles. The largest absolute Gasteiger partial charge is 0.462 e. The van der Waals surface area contributed by atoms with Gasteiger partial charge in [-0.15, -0.1) is 0 Å². The lowest BCUT2D eigenvalue weighted by atomic mass is 10.1. The van der Waals surface area contributed by atoms with Crippen LogP contribution in [0.25, 0.3) is 0 Å². The van der Waals surface area contributed by atoms with Crippen molar-refractivity contribution in [1.82, 2.24) is 4.90 Å². The Morgan fingerprint density at radius 2 is 1.80 bits per heavy atom. The van der Waals surface area contributed by atoms with Gasteiger partial charge in [-0.1, -0.05) is 12.1 Å². The fraction of sp³-hybridized carbons (Fsp3) is 0.500. The van der Waals surface area contributed by atoms with E-state index in [1.54, 1.807) is 6.92 Å². The van der Waals surface area contributed by atoms with Crippen LogP contribution in [-0.2, 0) is 11.3 Å². The molecule has 0 spiro atoms. The summed E-state index contributed by atoms with van der Waals surface area (Å²) in [6.45, 7) is 4.68. The summed E-state index contributed by atoms with van der Waals surface area (Å²) in [5, 5.41) is 0. The second-order valence-corrected chi connectivity index (χ2v) is 4.61. The molecule has 0 N–H and O–H groups in total. The standard InChI is InChI=1S/C14H18F3NO2/c1-4-20-13(19)12-7-5-11(6-8-12)9-18(10(2)3)14(15,16)17/h5-8,10H,4,9H2,1-3H3. The molecule has 1 aromatic carbocycles. The van der Waals surface area contributed by atoms with Crippen molar-refractivity contribution < 1.29 is 22.7 Å². The van der Waals surface area contributed by atoms with E-state index in [0.717, 1.165) is 0 Å². The molecule has 0 aliphatic heterocycles. The maximum atomic E-state index is 12.8. The average Bonchev–Trinajstić information content (AvgIpc) is 2.35. The predicted octanol–water partition coefficient (Wildman–Crippen LogP) is 3.59. The van der Waals surface area contributed by atoms with Crippen LogP contribution in [0.4, 0.5) is 13.2 Å². The fourth-order valence-corrected chi connectivity index (χ4v) is 1.72. The number of carbonyl (C=O) groups is 1. The molecule has 0 radical (unpaired) electrons. The van der Waals surface area contributed by atoms with Crippen molar-refractivity contribution in [3.8, 4) is 0 Å². The summed E-state index contributed by atoms with van der Waals surface area (Å²) in [5.41, 5.74) is 0.822. The smallest absolute Gasteiger partial charge is 0.460 e. The van der Waals surface area contributed by atoms with E-state index in [-0.39, 0.29) is 13.2 Å². The van der Waals surface area contributed by atoms with Crippen LogP contribution in [0, 0.1) is 0 Å². The van der Waals surface area contributed by atoms with Crippen molar-refractivity contribution in [2.24, 2.45) is 0 Å². The van der Waals surface area contributed by atoms with E-state index in [0.29, 0.717) is 16.0 Å². The quantitative estimate of drug-likeness (QED) is 0.613. The number of halogens is 3. The van der Waals surface area contributed by atoms with Gasteiger partial charge in [0.2, 0.25) is 0 Å². The monoisotopic (exact) mass is 289 g/mol. The maximum Gasteiger partial charge on any atom is 0.460 e. The summed E-state index contributed by atoms with van der Waals surface area (Å²) in [4.78, 5) is 11.9. The molecule has 0 bridgehead atoms. The van der Waals surface area contributed by atoms with Crippen molar-refractivity contribution >= 4 is 5.97 Å². The van der Waals surface area contributed by atoms with E-state index >= 15 is 0 Å². The molecule has 3 nitrogen and oxygen atoms in total. The summed E-state index contributed by atoms with van der Waals surface area (Å²) in [6, 6.07) is 5.31. The molecule has 112 valence electrons. The van der Waals surface area contributed by atoms with Crippen LogP contribution < -0.4 is 0 Å². The Kier molecular flexibility index (Phi) is 5.56. The number of rotatable bonds is 5. The molecule has 0 unspecified atom stereocenters. The van der Waals surface area contributed by atoms with Gasteiger partial charge in [-0.25, -0.2) is 9.69 Å². The Labute approximate surface area is 116 Å². The summed E-state index contributed by atoms with van der Waals surface area (Å²) >= 11 is 0. The zero-order valence-electron chi connectivity index (χ0n) is 11.7. The predicted molar refractivity (Wildman–Crippen MR) is 69.1 cm³/mol. The minimum Gasteiger partial charge on any atom is -0.462 e. The van der Waals surface area contributed by atoms with Gasteiger partial charge in [0.25, 0.3) is 0 Å². The number of hydrogen-bond acceptors (Lipinski definition) is 3. The van der Waals surface area contributed by atoms with Crippen LogP contribution >= 0.6 is 0 Å². The van der Waals surface area contributed by atoms with Crippen molar-refractivity contribution in [3.63, 3.8) is 0 Å². The van der Waals surface area contributed by atoms with Crippen molar-refractivity contribution in [1.29, 1.82) is 0 Å². The van der Waals surface area contributed by atoms with E-state index in [4.69, 9.17) is 4.74 Å². The zero-order valence-corrected chi connectivity index (χ0v) is 11.7. The lowest BCUT2D eigenvalue weighted by molar-refractivity contribution is -0.259. The van der Waals surface area contributed by atoms with Crippen molar-refractivity contribution in [2.75, 3.05) is 6.61 Å².